The van der Waals surface area contributed by atoms with Crippen LogP contribution in [0.1, 0.15) is 59.9 Å². The van der Waals surface area contributed by atoms with E-state index in [9.17, 15) is 0 Å². The molecule has 0 bridgehead atoms. The van der Waals surface area contributed by atoms with Crippen LogP contribution in [0.15, 0.2) is 84.9 Å². The number of hydrogen-bond donors (Lipinski definition) is 0. The number of methoxy groups -OCH3 is 1. The number of benzene rings is 3. The van der Waals surface area contributed by atoms with Gasteiger partial charge in [-0.1, -0.05) is 114 Å². The molecule has 1 saturated heterocycles. The largest absolute Gasteiger partial charge is 0.497 e. The highest BCUT2D eigenvalue weighted by Gasteiger charge is 2.52. The SMILES string of the molecule is CC[C@@H](O[Si](c1ccccc1)(c1ccccc1)C(C)(C)C)[C@H](C)[C@H](OCc1ccc(OC)cc1)[C@@H](C)C1SCCCS1. The second-order valence-corrected chi connectivity index (χ2v) is 19.6. The first-order chi connectivity index (χ1) is 20.2. The molecule has 4 atom stereocenters. The van der Waals surface area contributed by atoms with Crippen LogP contribution in [0.4, 0.5) is 0 Å². The van der Waals surface area contributed by atoms with Gasteiger partial charge in [-0.15, -0.1) is 23.5 Å². The van der Waals surface area contributed by atoms with Crippen LogP contribution in [0, 0.1) is 11.8 Å². The molecule has 228 valence electrons. The topological polar surface area (TPSA) is 27.7 Å². The van der Waals surface area contributed by atoms with Crippen LogP contribution in [0.25, 0.3) is 0 Å². The summed E-state index contributed by atoms with van der Waals surface area (Å²) in [4.78, 5) is 0. The smallest absolute Gasteiger partial charge is 0.261 e. The van der Waals surface area contributed by atoms with Gasteiger partial charge in [0.05, 0.1) is 30.5 Å². The van der Waals surface area contributed by atoms with Crippen molar-refractivity contribution >= 4 is 42.2 Å². The maximum absolute atomic E-state index is 7.72. The molecule has 1 fully saturated rings. The highest BCUT2D eigenvalue weighted by molar-refractivity contribution is 8.17. The quantitative estimate of drug-likeness (QED) is 0.179. The van der Waals surface area contributed by atoms with E-state index in [1.165, 1.54) is 33.9 Å². The third-order valence-electron chi connectivity index (χ3n) is 8.65. The molecule has 0 unspecified atom stereocenters. The monoisotopic (exact) mass is 622 g/mol. The van der Waals surface area contributed by atoms with Crippen molar-refractivity contribution in [2.24, 2.45) is 11.8 Å². The van der Waals surface area contributed by atoms with Gasteiger partial charge in [0, 0.05) is 11.8 Å². The van der Waals surface area contributed by atoms with Crippen molar-refractivity contribution in [3.05, 3.63) is 90.5 Å². The normalized spacial score (nSPS) is 17.8. The first-order valence-electron chi connectivity index (χ1n) is 15.5. The summed E-state index contributed by atoms with van der Waals surface area (Å²) in [5.74, 6) is 3.95. The Bertz CT molecular complexity index is 1150. The number of hydrogen-bond acceptors (Lipinski definition) is 5. The summed E-state index contributed by atoms with van der Waals surface area (Å²) in [6.45, 7) is 14.7. The first kappa shape index (κ1) is 33.2. The maximum Gasteiger partial charge on any atom is 0.261 e. The lowest BCUT2D eigenvalue weighted by Gasteiger charge is -2.47. The molecule has 0 amide bonds. The molecule has 4 rings (SSSR count). The number of ether oxygens (including phenoxy) is 2. The van der Waals surface area contributed by atoms with Crippen LogP contribution in [-0.2, 0) is 15.8 Å². The highest BCUT2D eigenvalue weighted by atomic mass is 32.2. The Balaban J connectivity index is 1.70. The molecule has 1 aliphatic heterocycles. The zero-order valence-corrected chi connectivity index (χ0v) is 29.2. The third kappa shape index (κ3) is 7.68. The van der Waals surface area contributed by atoms with Gasteiger partial charge < -0.3 is 13.9 Å². The summed E-state index contributed by atoms with van der Waals surface area (Å²) in [6.07, 6.45) is 2.35. The fourth-order valence-electron chi connectivity index (χ4n) is 6.35. The molecule has 6 heteroatoms. The van der Waals surface area contributed by atoms with E-state index in [-0.39, 0.29) is 23.2 Å². The molecule has 0 saturated carbocycles. The Morgan fingerprint density at radius 2 is 1.38 bits per heavy atom. The van der Waals surface area contributed by atoms with Gasteiger partial charge in [0.25, 0.3) is 8.32 Å². The Hall–Kier alpha value is -1.70. The minimum atomic E-state index is -2.69. The molecule has 1 aliphatic rings. The molecule has 0 N–H and O–H groups in total. The first-order valence-corrected chi connectivity index (χ1v) is 19.5. The molecule has 0 spiro atoms. The average Bonchev–Trinajstić information content (AvgIpc) is 3.02. The molecule has 3 nitrogen and oxygen atoms in total. The van der Waals surface area contributed by atoms with Crippen LogP contribution >= 0.6 is 23.5 Å². The minimum absolute atomic E-state index is 0.0539. The third-order valence-corrected chi connectivity index (χ3v) is 17.1. The van der Waals surface area contributed by atoms with Crippen molar-refractivity contribution in [2.75, 3.05) is 18.6 Å². The van der Waals surface area contributed by atoms with Gasteiger partial charge in [0.15, 0.2) is 0 Å². The molecular weight excluding hydrogens is 573 g/mol. The van der Waals surface area contributed by atoms with E-state index in [0.29, 0.717) is 17.1 Å². The Kier molecular flexibility index (Phi) is 12.1. The van der Waals surface area contributed by atoms with Gasteiger partial charge in [-0.2, -0.15) is 0 Å². The highest BCUT2D eigenvalue weighted by Crippen LogP contribution is 2.43. The van der Waals surface area contributed by atoms with Crippen LogP contribution in [-0.4, -0.2) is 43.7 Å². The zero-order chi connectivity index (χ0) is 30.2. The van der Waals surface area contributed by atoms with Gasteiger partial charge in [-0.05, 0) is 57.5 Å². The minimum Gasteiger partial charge on any atom is -0.497 e. The van der Waals surface area contributed by atoms with E-state index in [4.69, 9.17) is 13.9 Å². The number of thioether (sulfide) groups is 2. The second kappa shape index (κ2) is 15.3. The van der Waals surface area contributed by atoms with E-state index in [0.717, 1.165) is 12.2 Å². The standard InChI is InChI=1S/C36H50O3S2Si/c1-8-33(39-42(36(4,5)6,31-16-11-9-12-17-31)32-18-13-10-14-19-32)27(2)34(28(3)35-40-24-15-25-41-35)38-26-29-20-22-30(37-7)23-21-29/h9-14,16-23,27-28,33-35H,8,15,24-26H2,1-7H3/t27-,28+,33+,34-/m0/s1. The molecule has 0 radical (unpaired) electrons. The summed E-state index contributed by atoms with van der Waals surface area (Å²) in [6, 6.07) is 30.3. The van der Waals surface area contributed by atoms with Gasteiger partial charge in [0.1, 0.15) is 5.75 Å². The predicted molar refractivity (Wildman–Crippen MR) is 186 cm³/mol. The van der Waals surface area contributed by atoms with Gasteiger partial charge in [-0.3, -0.25) is 0 Å². The maximum atomic E-state index is 7.72. The Morgan fingerprint density at radius 3 is 1.86 bits per heavy atom. The molecular formula is C36H50O3S2Si. The molecule has 0 aliphatic carbocycles. The van der Waals surface area contributed by atoms with E-state index in [2.05, 4.69) is 138 Å². The van der Waals surface area contributed by atoms with Crippen molar-refractivity contribution in [3.8, 4) is 5.75 Å². The van der Waals surface area contributed by atoms with Crippen LogP contribution in [0.3, 0.4) is 0 Å². The molecule has 0 aromatic heterocycles. The lowest BCUT2D eigenvalue weighted by molar-refractivity contribution is -0.0583. The molecule has 42 heavy (non-hydrogen) atoms. The van der Waals surface area contributed by atoms with Gasteiger partial charge in [0.2, 0.25) is 0 Å². The van der Waals surface area contributed by atoms with E-state index < -0.39 is 8.32 Å². The van der Waals surface area contributed by atoms with E-state index in [1.54, 1.807) is 7.11 Å². The predicted octanol–water partition coefficient (Wildman–Crippen LogP) is 8.40. The van der Waals surface area contributed by atoms with Gasteiger partial charge >= 0.3 is 0 Å². The van der Waals surface area contributed by atoms with Gasteiger partial charge in [-0.25, -0.2) is 0 Å². The van der Waals surface area contributed by atoms with E-state index >= 15 is 0 Å². The van der Waals surface area contributed by atoms with Crippen LogP contribution in [0.5, 0.6) is 5.75 Å². The lowest BCUT2D eigenvalue weighted by atomic mass is 9.88. The Labute approximate surface area is 264 Å². The molecule has 3 aromatic rings. The van der Waals surface area contributed by atoms with Crippen molar-refractivity contribution in [3.63, 3.8) is 0 Å². The summed E-state index contributed by atoms with van der Waals surface area (Å²) in [7, 11) is -0.984. The van der Waals surface area contributed by atoms with Crippen LogP contribution in [0.2, 0.25) is 5.04 Å². The van der Waals surface area contributed by atoms with Crippen molar-refractivity contribution < 1.29 is 13.9 Å². The molecule has 3 aromatic carbocycles. The Morgan fingerprint density at radius 1 is 0.833 bits per heavy atom. The summed E-state index contributed by atoms with van der Waals surface area (Å²) in [5.41, 5.74) is 1.17. The van der Waals surface area contributed by atoms with Crippen LogP contribution < -0.4 is 15.1 Å². The fourth-order valence-corrected chi connectivity index (χ4v) is 14.4. The van der Waals surface area contributed by atoms with Crippen molar-refractivity contribution in [1.29, 1.82) is 0 Å². The van der Waals surface area contributed by atoms with E-state index in [1.807, 2.05) is 12.1 Å². The lowest BCUT2D eigenvalue weighted by Crippen LogP contribution is -2.68. The fraction of sp³-hybridized carbons (Fsp3) is 0.500. The summed E-state index contributed by atoms with van der Waals surface area (Å²) < 4.78 is 20.6. The molecule has 1 heterocycles. The van der Waals surface area contributed by atoms with Crippen molar-refractivity contribution in [1.82, 2.24) is 0 Å². The average molecular weight is 623 g/mol. The second-order valence-electron chi connectivity index (χ2n) is 12.5. The summed E-state index contributed by atoms with van der Waals surface area (Å²) >= 11 is 4.22. The number of rotatable bonds is 13. The summed E-state index contributed by atoms with van der Waals surface area (Å²) in [5, 5.41) is 2.59. The van der Waals surface area contributed by atoms with Crippen molar-refractivity contribution in [2.45, 2.75) is 82.8 Å². The zero-order valence-electron chi connectivity index (χ0n) is 26.5.